The molecule has 5 heteroatoms. The van der Waals surface area contributed by atoms with Crippen molar-refractivity contribution in [2.75, 3.05) is 16.8 Å². The van der Waals surface area contributed by atoms with Crippen LogP contribution in [0, 0.1) is 12.8 Å². The molecule has 1 aromatic rings. The fourth-order valence-corrected chi connectivity index (χ4v) is 4.87. The Morgan fingerprint density at radius 1 is 1.24 bits per heavy atom. The summed E-state index contributed by atoms with van der Waals surface area (Å²) < 4.78 is 0. The predicted molar refractivity (Wildman–Crippen MR) is 106 cm³/mol. The molecule has 0 atom stereocenters. The molecule has 134 valence electrons. The number of hydrogen-bond acceptors (Lipinski definition) is 2. The van der Waals surface area contributed by atoms with E-state index in [1.54, 1.807) is 0 Å². The quantitative estimate of drug-likeness (QED) is 0.795. The van der Waals surface area contributed by atoms with Crippen molar-refractivity contribution < 1.29 is 4.79 Å². The smallest absolute Gasteiger partial charge is 0.227 e. The number of benzene rings is 1. The molecule has 1 saturated heterocycles. The van der Waals surface area contributed by atoms with E-state index in [0.29, 0.717) is 6.42 Å². The molecule has 2 aliphatic carbocycles. The van der Waals surface area contributed by atoms with Gasteiger partial charge in [0.05, 0.1) is 0 Å². The van der Waals surface area contributed by atoms with Gasteiger partial charge in [0.15, 0.2) is 5.11 Å². The van der Waals surface area contributed by atoms with Crippen molar-refractivity contribution in [1.82, 2.24) is 5.32 Å². The topological polar surface area (TPSA) is 44.4 Å². The highest BCUT2D eigenvalue weighted by molar-refractivity contribution is 7.80. The summed E-state index contributed by atoms with van der Waals surface area (Å²) in [5, 5.41) is 7.74. The maximum Gasteiger partial charge on any atom is 0.227 e. The molecule has 0 radical (unpaired) electrons. The molecule has 1 heterocycles. The zero-order chi connectivity index (χ0) is 17.4. The van der Waals surface area contributed by atoms with Gasteiger partial charge in [-0.1, -0.05) is 18.9 Å². The Hall–Kier alpha value is -1.62. The molecular formula is C20H27N3OS. The van der Waals surface area contributed by atoms with E-state index in [1.807, 2.05) is 11.0 Å². The Morgan fingerprint density at radius 2 is 2.00 bits per heavy atom. The van der Waals surface area contributed by atoms with Gasteiger partial charge in [-0.25, -0.2) is 0 Å². The predicted octanol–water partition coefficient (Wildman–Crippen LogP) is 4.13. The van der Waals surface area contributed by atoms with Crippen LogP contribution in [0.3, 0.4) is 0 Å². The first kappa shape index (κ1) is 16.8. The minimum atomic E-state index is 0.222. The maximum atomic E-state index is 12.1. The molecular weight excluding hydrogens is 330 g/mol. The van der Waals surface area contributed by atoms with Gasteiger partial charge in [0.25, 0.3) is 0 Å². The molecule has 0 spiro atoms. The molecule has 4 nitrogen and oxygen atoms in total. The first-order valence-electron chi connectivity index (χ1n) is 9.58. The fraction of sp³-hybridized carbons (Fsp3) is 0.600. The van der Waals surface area contributed by atoms with Crippen LogP contribution in [-0.4, -0.2) is 23.1 Å². The van der Waals surface area contributed by atoms with E-state index >= 15 is 0 Å². The van der Waals surface area contributed by atoms with Crippen LogP contribution in [0.25, 0.3) is 0 Å². The highest BCUT2D eigenvalue weighted by Gasteiger charge is 2.47. The van der Waals surface area contributed by atoms with E-state index in [0.717, 1.165) is 40.9 Å². The number of nitrogens with one attached hydrogen (secondary N) is 2. The molecule has 4 rings (SSSR count). The van der Waals surface area contributed by atoms with Crippen molar-refractivity contribution in [2.45, 2.75) is 63.8 Å². The largest absolute Gasteiger partial charge is 0.357 e. The van der Waals surface area contributed by atoms with Gasteiger partial charge in [-0.3, -0.25) is 4.79 Å². The number of carbonyl (C=O) groups excluding carboxylic acids is 1. The first-order chi connectivity index (χ1) is 12.1. The average molecular weight is 358 g/mol. The van der Waals surface area contributed by atoms with Gasteiger partial charge in [-0.05, 0) is 74.9 Å². The number of aryl methyl sites for hydroxylation is 1. The number of anilines is 2. The molecule has 0 aromatic heterocycles. The van der Waals surface area contributed by atoms with Gasteiger partial charge in [-0.2, -0.15) is 0 Å². The third-order valence-corrected chi connectivity index (χ3v) is 6.25. The summed E-state index contributed by atoms with van der Waals surface area (Å²) >= 11 is 5.62. The lowest BCUT2D eigenvalue weighted by atomic mass is 9.91. The van der Waals surface area contributed by atoms with Gasteiger partial charge in [-0.15, -0.1) is 0 Å². The molecule has 3 aliphatic rings. The van der Waals surface area contributed by atoms with Crippen LogP contribution in [-0.2, 0) is 4.79 Å². The number of rotatable bonds is 4. The van der Waals surface area contributed by atoms with E-state index < -0.39 is 0 Å². The van der Waals surface area contributed by atoms with Gasteiger partial charge in [0.2, 0.25) is 5.91 Å². The van der Waals surface area contributed by atoms with Crippen LogP contribution < -0.4 is 15.5 Å². The van der Waals surface area contributed by atoms with Crippen molar-refractivity contribution in [2.24, 2.45) is 5.92 Å². The number of hydrogen-bond donors (Lipinski definition) is 2. The lowest BCUT2D eigenvalue weighted by Gasteiger charge is -2.32. The van der Waals surface area contributed by atoms with E-state index in [9.17, 15) is 4.79 Å². The normalized spacial score (nSPS) is 22.3. The van der Waals surface area contributed by atoms with Crippen LogP contribution in [0.2, 0.25) is 0 Å². The minimum Gasteiger partial charge on any atom is -0.357 e. The molecule has 1 aliphatic heterocycles. The zero-order valence-electron chi connectivity index (χ0n) is 14.9. The minimum absolute atomic E-state index is 0.222. The van der Waals surface area contributed by atoms with E-state index in [-0.39, 0.29) is 11.4 Å². The summed E-state index contributed by atoms with van der Waals surface area (Å²) in [5.41, 5.74) is 3.32. The lowest BCUT2D eigenvalue weighted by Crippen LogP contribution is -2.49. The highest BCUT2D eigenvalue weighted by atomic mass is 32.1. The summed E-state index contributed by atoms with van der Waals surface area (Å²) in [4.78, 5) is 14.0. The van der Waals surface area contributed by atoms with Gasteiger partial charge >= 0.3 is 0 Å². The van der Waals surface area contributed by atoms with Crippen molar-refractivity contribution in [1.29, 1.82) is 0 Å². The first-order valence-corrected chi connectivity index (χ1v) is 9.98. The number of thiocarbonyl (C=S) groups is 1. The summed E-state index contributed by atoms with van der Waals surface area (Å²) in [6.45, 7) is 2.87. The van der Waals surface area contributed by atoms with E-state index in [4.69, 9.17) is 12.2 Å². The third-order valence-electron chi connectivity index (χ3n) is 6.05. The molecule has 1 aromatic carbocycles. The second kappa shape index (κ2) is 6.60. The van der Waals surface area contributed by atoms with Crippen LogP contribution in [0.15, 0.2) is 18.2 Å². The molecule has 3 fully saturated rings. The molecule has 0 unspecified atom stereocenters. The van der Waals surface area contributed by atoms with Crippen molar-refractivity contribution in [3.05, 3.63) is 23.8 Å². The molecule has 2 saturated carbocycles. The van der Waals surface area contributed by atoms with Crippen molar-refractivity contribution >= 4 is 34.6 Å². The average Bonchev–Trinajstić information content (AvgIpc) is 3.21. The van der Waals surface area contributed by atoms with E-state index in [2.05, 4.69) is 29.7 Å². The molecule has 25 heavy (non-hydrogen) atoms. The van der Waals surface area contributed by atoms with Crippen molar-refractivity contribution in [3.63, 3.8) is 0 Å². The fourth-order valence-electron chi connectivity index (χ4n) is 4.55. The second-order valence-corrected chi connectivity index (χ2v) is 8.28. The summed E-state index contributed by atoms with van der Waals surface area (Å²) in [6, 6.07) is 6.18. The van der Waals surface area contributed by atoms with Crippen LogP contribution in [0.1, 0.15) is 56.9 Å². The summed E-state index contributed by atoms with van der Waals surface area (Å²) in [5.74, 6) is 1.02. The number of nitrogens with zero attached hydrogens (tertiary/aromatic N) is 1. The summed E-state index contributed by atoms with van der Waals surface area (Å²) in [6.07, 6.45) is 9.35. The molecule has 1 amide bonds. The molecule has 0 bridgehead atoms. The Balaban J connectivity index is 1.47. The van der Waals surface area contributed by atoms with Crippen LogP contribution in [0.4, 0.5) is 11.4 Å². The zero-order valence-corrected chi connectivity index (χ0v) is 15.8. The van der Waals surface area contributed by atoms with Gasteiger partial charge in [0.1, 0.15) is 0 Å². The SMILES string of the molecule is Cc1ccc(NC(=S)NC2(C3CC3)CCCC2)cc1N1CCCC1=O. The van der Waals surface area contributed by atoms with Crippen molar-refractivity contribution in [3.8, 4) is 0 Å². The Labute approximate surface area is 155 Å². The Morgan fingerprint density at radius 3 is 2.64 bits per heavy atom. The monoisotopic (exact) mass is 357 g/mol. The summed E-state index contributed by atoms with van der Waals surface area (Å²) in [7, 11) is 0. The Kier molecular flexibility index (Phi) is 4.44. The Bertz CT molecular complexity index is 692. The third kappa shape index (κ3) is 3.39. The highest BCUT2D eigenvalue weighted by Crippen LogP contribution is 2.48. The van der Waals surface area contributed by atoms with Crippen LogP contribution in [0.5, 0.6) is 0 Å². The number of carbonyl (C=O) groups is 1. The standard InChI is InChI=1S/C20H27N3OS/c1-14-6-9-16(13-17(14)23-12-4-5-18(23)24)21-19(25)22-20(15-7-8-15)10-2-3-11-20/h6,9,13,15H,2-5,7-8,10-12H2,1H3,(H2,21,22,25). The maximum absolute atomic E-state index is 12.1. The number of amides is 1. The van der Waals surface area contributed by atoms with Gasteiger partial charge in [0, 0.05) is 29.9 Å². The second-order valence-electron chi connectivity index (χ2n) is 7.87. The van der Waals surface area contributed by atoms with Gasteiger partial charge < -0.3 is 15.5 Å². The van der Waals surface area contributed by atoms with Crippen LogP contribution >= 0.6 is 12.2 Å². The molecule has 2 N–H and O–H groups in total. The lowest BCUT2D eigenvalue weighted by molar-refractivity contribution is -0.117. The van der Waals surface area contributed by atoms with E-state index in [1.165, 1.54) is 38.5 Å².